The standard InChI is InChI=1S/C13H22N2OS2/c1-11-5-6-12(15-14-9-11)17-18-13(10-16-2)7-3-4-8-13/h9,11H,3-8,10H2,1-2H3. The Hall–Kier alpha value is -0.000000000000000111. The SMILES string of the molecule is COCC1(SSC2=NN=CC(C)CC2)CCCC1. The molecule has 3 nitrogen and oxygen atoms in total. The van der Waals surface area contributed by atoms with Crippen LogP contribution in [0.1, 0.15) is 45.4 Å². The molecule has 1 heterocycles. The summed E-state index contributed by atoms with van der Waals surface area (Å²) < 4.78 is 5.72. The van der Waals surface area contributed by atoms with Crippen LogP contribution in [0.25, 0.3) is 0 Å². The fourth-order valence-corrected chi connectivity index (χ4v) is 5.41. The van der Waals surface area contributed by atoms with Gasteiger partial charge in [0.25, 0.3) is 0 Å². The fourth-order valence-electron chi connectivity index (χ4n) is 2.42. The van der Waals surface area contributed by atoms with Crippen molar-refractivity contribution in [3.05, 3.63) is 0 Å². The molecule has 0 N–H and O–H groups in total. The average Bonchev–Trinajstić information content (AvgIpc) is 2.71. The summed E-state index contributed by atoms with van der Waals surface area (Å²) in [5, 5.41) is 9.63. The van der Waals surface area contributed by atoms with Crippen LogP contribution in [0.15, 0.2) is 10.2 Å². The maximum Gasteiger partial charge on any atom is 0.106 e. The molecule has 1 aliphatic carbocycles. The predicted octanol–water partition coefficient (Wildman–Crippen LogP) is 4.14. The normalized spacial score (nSPS) is 27.0. The first-order valence-corrected chi connectivity index (χ1v) is 8.84. The number of hydrogen-bond donors (Lipinski definition) is 0. The molecule has 0 aromatic carbocycles. The largest absolute Gasteiger partial charge is 0.383 e. The summed E-state index contributed by atoms with van der Waals surface area (Å²) >= 11 is 0. The third-order valence-electron chi connectivity index (χ3n) is 3.54. The van der Waals surface area contributed by atoms with Gasteiger partial charge in [0.05, 0.1) is 11.4 Å². The number of hydrogen-bond acceptors (Lipinski definition) is 5. The predicted molar refractivity (Wildman–Crippen MR) is 82.6 cm³/mol. The molecule has 1 fully saturated rings. The van der Waals surface area contributed by atoms with E-state index in [9.17, 15) is 0 Å². The highest BCUT2D eigenvalue weighted by Crippen LogP contribution is 2.48. The van der Waals surface area contributed by atoms with Crippen LogP contribution in [-0.4, -0.2) is 29.7 Å². The van der Waals surface area contributed by atoms with Gasteiger partial charge in [0, 0.05) is 13.3 Å². The van der Waals surface area contributed by atoms with Crippen molar-refractivity contribution in [2.45, 2.75) is 50.2 Å². The van der Waals surface area contributed by atoms with Gasteiger partial charge in [-0.05, 0) is 42.4 Å². The highest BCUT2D eigenvalue weighted by atomic mass is 33.1. The lowest BCUT2D eigenvalue weighted by atomic mass is 10.1. The van der Waals surface area contributed by atoms with E-state index in [1.54, 1.807) is 7.11 Å². The van der Waals surface area contributed by atoms with Crippen LogP contribution in [0, 0.1) is 5.92 Å². The molecule has 0 aromatic heterocycles. The first kappa shape index (κ1) is 14.4. The molecule has 1 aliphatic heterocycles. The second kappa shape index (κ2) is 6.96. The van der Waals surface area contributed by atoms with Crippen LogP contribution in [0.5, 0.6) is 0 Å². The molecule has 0 radical (unpaired) electrons. The number of ether oxygens (including phenoxy) is 1. The van der Waals surface area contributed by atoms with E-state index in [1.165, 1.54) is 30.7 Å². The van der Waals surface area contributed by atoms with Crippen molar-refractivity contribution in [3.63, 3.8) is 0 Å². The molecule has 0 bridgehead atoms. The molecule has 102 valence electrons. The van der Waals surface area contributed by atoms with Crippen molar-refractivity contribution in [1.29, 1.82) is 0 Å². The van der Waals surface area contributed by atoms with Crippen molar-refractivity contribution in [2.24, 2.45) is 16.1 Å². The second-order valence-electron chi connectivity index (χ2n) is 5.26. The van der Waals surface area contributed by atoms with Gasteiger partial charge in [-0.3, -0.25) is 0 Å². The van der Waals surface area contributed by atoms with Gasteiger partial charge in [0.1, 0.15) is 5.04 Å². The minimum absolute atomic E-state index is 0.309. The maximum absolute atomic E-state index is 5.41. The third-order valence-corrected chi connectivity index (χ3v) is 6.87. The molecule has 1 saturated carbocycles. The summed E-state index contributed by atoms with van der Waals surface area (Å²) in [6, 6.07) is 0. The van der Waals surface area contributed by atoms with E-state index in [2.05, 4.69) is 17.1 Å². The Morgan fingerprint density at radius 3 is 2.94 bits per heavy atom. The molecular formula is C13H22N2OS2. The van der Waals surface area contributed by atoms with E-state index in [0.29, 0.717) is 10.7 Å². The molecule has 1 unspecified atom stereocenters. The molecule has 0 aromatic rings. The summed E-state index contributed by atoms with van der Waals surface area (Å²) in [4.78, 5) is 0. The van der Waals surface area contributed by atoms with Gasteiger partial charge in [-0.1, -0.05) is 30.6 Å². The molecule has 0 saturated heterocycles. The maximum atomic E-state index is 5.41. The van der Waals surface area contributed by atoms with Crippen LogP contribution in [0.4, 0.5) is 0 Å². The lowest BCUT2D eigenvalue weighted by molar-refractivity contribution is 0.170. The molecule has 2 aliphatic rings. The Morgan fingerprint density at radius 2 is 2.22 bits per heavy atom. The summed E-state index contributed by atoms with van der Waals surface area (Å²) in [6.45, 7) is 3.06. The lowest BCUT2D eigenvalue weighted by Gasteiger charge is -2.26. The monoisotopic (exact) mass is 286 g/mol. The lowest BCUT2D eigenvalue weighted by Crippen LogP contribution is -2.25. The minimum Gasteiger partial charge on any atom is -0.383 e. The van der Waals surface area contributed by atoms with Gasteiger partial charge >= 0.3 is 0 Å². The smallest absolute Gasteiger partial charge is 0.106 e. The Morgan fingerprint density at radius 1 is 1.44 bits per heavy atom. The number of nitrogens with zero attached hydrogens (tertiary/aromatic N) is 2. The molecule has 5 heteroatoms. The van der Waals surface area contributed by atoms with E-state index in [1.807, 2.05) is 27.8 Å². The van der Waals surface area contributed by atoms with Crippen molar-refractivity contribution in [3.8, 4) is 0 Å². The topological polar surface area (TPSA) is 34.0 Å². The summed E-state index contributed by atoms with van der Waals surface area (Å²) in [5.41, 5.74) is 0. The van der Waals surface area contributed by atoms with Gasteiger partial charge in [-0.15, -0.1) is 5.10 Å². The van der Waals surface area contributed by atoms with Crippen LogP contribution in [0.3, 0.4) is 0 Å². The van der Waals surface area contributed by atoms with Gasteiger partial charge in [0.15, 0.2) is 0 Å². The molecular weight excluding hydrogens is 264 g/mol. The minimum atomic E-state index is 0.309. The van der Waals surface area contributed by atoms with E-state index in [4.69, 9.17) is 4.74 Å². The van der Waals surface area contributed by atoms with E-state index < -0.39 is 0 Å². The van der Waals surface area contributed by atoms with Gasteiger partial charge in [0.2, 0.25) is 0 Å². The summed E-state index contributed by atoms with van der Waals surface area (Å²) in [6.07, 6.45) is 9.38. The Kier molecular flexibility index (Phi) is 5.57. The zero-order valence-corrected chi connectivity index (χ0v) is 12.9. The molecule has 2 rings (SSSR count). The Labute approximate surface area is 118 Å². The second-order valence-corrected chi connectivity index (χ2v) is 7.93. The highest BCUT2D eigenvalue weighted by Gasteiger charge is 2.35. The first-order valence-electron chi connectivity index (χ1n) is 6.69. The summed E-state index contributed by atoms with van der Waals surface area (Å²) in [7, 11) is 5.59. The van der Waals surface area contributed by atoms with Crippen molar-refractivity contribution in [1.82, 2.24) is 0 Å². The van der Waals surface area contributed by atoms with Gasteiger partial charge in [-0.25, -0.2) is 0 Å². The quantitative estimate of drug-likeness (QED) is 0.728. The Bertz CT molecular complexity index is 325. The third kappa shape index (κ3) is 4.00. The van der Waals surface area contributed by atoms with E-state index in [0.717, 1.165) is 19.4 Å². The van der Waals surface area contributed by atoms with Gasteiger partial charge < -0.3 is 4.74 Å². The fraction of sp³-hybridized carbons (Fsp3) is 0.846. The molecule has 0 spiro atoms. The molecule has 0 amide bonds. The average molecular weight is 286 g/mol. The Balaban J connectivity index is 1.86. The first-order chi connectivity index (χ1) is 8.74. The van der Waals surface area contributed by atoms with Crippen LogP contribution < -0.4 is 0 Å². The van der Waals surface area contributed by atoms with Crippen molar-refractivity contribution < 1.29 is 4.74 Å². The van der Waals surface area contributed by atoms with E-state index >= 15 is 0 Å². The van der Waals surface area contributed by atoms with Crippen molar-refractivity contribution in [2.75, 3.05) is 13.7 Å². The van der Waals surface area contributed by atoms with Crippen molar-refractivity contribution >= 4 is 32.8 Å². The summed E-state index contributed by atoms with van der Waals surface area (Å²) in [5.74, 6) is 0.552. The molecule has 18 heavy (non-hydrogen) atoms. The zero-order chi connectivity index (χ0) is 12.8. The van der Waals surface area contributed by atoms with Gasteiger partial charge in [-0.2, -0.15) is 5.10 Å². The number of rotatable bonds is 4. The molecule has 1 atom stereocenters. The zero-order valence-electron chi connectivity index (χ0n) is 11.2. The number of methoxy groups -OCH3 is 1. The highest BCUT2D eigenvalue weighted by molar-refractivity contribution is 8.82. The van der Waals surface area contributed by atoms with E-state index in [-0.39, 0.29) is 0 Å². The van der Waals surface area contributed by atoms with Crippen LogP contribution in [0.2, 0.25) is 0 Å². The van der Waals surface area contributed by atoms with Crippen LogP contribution in [-0.2, 0) is 4.74 Å². The van der Waals surface area contributed by atoms with Crippen LogP contribution >= 0.6 is 21.6 Å².